The standard InChI is InChI=1S/C28H27Cl2N3O2.ClH/c1-2-3-11-32-28(35)21-16-20(18-9-6-10-22(29)25(18)30)23-17-7-4-5-8-19(17)27(34)24(23)26(21)33-14-12-31-13-15-33;/h4-10,16,31H,2-3,11-15H2,1H3,(H,32,35);1H. The average molecular weight is 545 g/mol. The number of carbonyl (C=O) groups is 2. The maximum atomic E-state index is 13.9. The number of benzene rings is 3. The fraction of sp³-hybridized carbons (Fsp3) is 0.286. The molecular weight excluding hydrogens is 517 g/mol. The van der Waals surface area contributed by atoms with E-state index in [2.05, 4.69) is 22.5 Å². The van der Waals surface area contributed by atoms with E-state index in [1.165, 1.54) is 0 Å². The van der Waals surface area contributed by atoms with Gasteiger partial charge in [0.1, 0.15) is 0 Å². The molecule has 188 valence electrons. The lowest BCUT2D eigenvalue weighted by molar-refractivity contribution is 0.0953. The van der Waals surface area contributed by atoms with Gasteiger partial charge in [0, 0.05) is 49.4 Å². The Morgan fingerprint density at radius 1 is 0.972 bits per heavy atom. The molecule has 0 saturated carbocycles. The molecule has 5 nitrogen and oxygen atoms in total. The van der Waals surface area contributed by atoms with Gasteiger partial charge in [0.05, 0.1) is 26.9 Å². The molecule has 2 aliphatic rings. The lowest BCUT2D eigenvalue weighted by Gasteiger charge is -2.33. The minimum Gasteiger partial charge on any atom is -0.368 e. The molecular formula is C28H28Cl3N3O2. The van der Waals surface area contributed by atoms with E-state index in [0.29, 0.717) is 57.6 Å². The van der Waals surface area contributed by atoms with E-state index >= 15 is 0 Å². The summed E-state index contributed by atoms with van der Waals surface area (Å²) < 4.78 is 0. The monoisotopic (exact) mass is 543 g/mol. The molecule has 5 rings (SSSR count). The largest absolute Gasteiger partial charge is 0.368 e. The van der Waals surface area contributed by atoms with Crippen LogP contribution in [-0.2, 0) is 0 Å². The first-order chi connectivity index (χ1) is 17.0. The number of nitrogens with zero attached hydrogens (tertiary/aromatic N) is 1. The number of rotatable bonds is 6. The molecule has 1 aliphatic carbocycles. The van der Waals surface area contributed by atoms with Crippen LogP contribution in [0.5, 0.6) is 0 Å². The molecule has 1 heterocycles. The summed E-state index contributed by atoms with van der Waals surface area (Å²) >= 11 is 13.1. The van der Waals surface area contributed by atoms with Gasteiger partial charge in [0.15, 0.2) is 5.78 Å². The summed E-state index contributed by atoms with van der Waals surface area (Å²) in [6.45, 7) is 5.66. The summed E-state index contributed by atoms with van der Waals surface area (Å²) in [6, 6.07) is 15.0. The van der Waals surface area contributed by atoms with Crippen molar-refractivity contribution >= 4 is 53.0 Å². The van der Waals surface area contributed by atoms with Gasteiger partial charge >= 0.3 is 0 Å². The molecule has 0 spiro atoms. The summed E-state index contributed by atoms with van der Waals surface area (Å²) in [5.74, 6) is -0.246. The van der Waals surface area contributed by atoms with Crippen molar-refractivity contribution in [2.45, 2.75) is 19.8 Å². The van der Waals surface area contributed by atoms with Crippen LogP contribution in [0.15, 0.2) is 48.5 Å². The van der Waals surface area contributed by atoms with Crippen molar-refractivity contribution in [1.82, 2.24) is 10.6 Å². The number of carbonyl (C=O) groups excluding carboxylic acids is 2. The molecule has 2 N–H and O–H groups in total. The van der Waals surface area contributed by atoms with Crippen LogP contribution in [0.2, 0.25) is 10.0 Å². The maximum Gasteiger partial charge on any atom is 0.253 e. The molecule has 8 heteroatoms. The third-order valence-corrected chi connectivity index (χ3v) is 7.52. The first-order valence-corrected chi connectivity index (χ1v) is 12.8. The first-order valence-electron chi connectivity index (χ1n) is 12.1. The maximum absolute atomic E-state index is 13.9. The Hall–Kier alpha value is -2.57. The number of anilines is 1. The van der Waals surface area contributed by atoms with Crippen LogP contribution in [0.3, 0.4) is 0 Å². The SMILES string of the molecule is CCCCNC(=O)c1cc(-c2cccc(Cl)c2Cl)c2c(c1N1CCNCC1)C(=O)c1ccccc1-2.Cl. The van der Waals surface area contributed by atoms with Gasteiger partial charge in [0.2, 0.25) is 0 Å². The summed E-state index contributed by atoms with van der Waals surface area (Å²) in [7, 11) is 0. The summed E-state index contributed by atoms with van der Waals surface area (Å²) in [6.07, 6.45) is 1.86. The van der Waals surface area contributed by atoms with Crippen LogP contribution in [0.4, 0.5) is 5.69 Å². The van der Waals surface area contributed by atoms with Gasteiger partial charge in [0.25, 0.3) is 5.91 Å². The van der Waals surface area contributed by atoms with Crippen LogP contribution in [0.1, 0.15) is 46.0 Å². The van der Waals surface area contributed by atoms with Crippen molar-refractivity contribution in [2.75, 3.05) is 37.6 Å². The zero-order valence-electron chi connectivity index (χ0n) is 20.0. The molecule has 1 aliphatic heterocycles. The van der Waals surface area contributed by atoms with Gasteiger partial charge < -0.3 is 15.5 Å². The molecule has 3 aromatic rings. The molecule has 0 unspecified atom stereocenters. The second-order valence-electron chi connectivity index (χ2n) is 8.89. The van der Waals surface area contributed by atoms with E-state index in [4.69, 9.17) is 23.2 Å². The highest BCUT2D eigenvalue weighted by Gasteiger charge is 2.37. The fourth-order valence-electron chi connectivity index (χ4n) is 5.00. The highest BCUT2D eigenvalue weighted by atomic mass is 35.5. The Bertz CT molecular complexity index is 1320. The number of fused-ring (bicyclic) bond motifs is 3. The van der Waals surface area contributed by atoms with Crippen molar-refractivity contribution < 1.29 is 9.59 Å². The van der Waals surface area contributed by atoms with Crippen LogP contribution in [0.25, 0.3) is 22.3 Å². The van der Waals surface area contributed by atoms with Crippen molar-refractivity contribution in [2.24, 2.45) is 0 Å². The third-order valence-electron chi connectivity index (χ3n) is 6.70. The lowest BCUT2D eigenvalue weighted by atomic mass is 9.89. The summed E-state index contributed by atoms with van der Waals surface area (Å²) in [4.78, 5) is 29.6. The number of ketones is 1. The Morgan fingerprint density at radius 3 is 2.39 bits per heavy atom. The van der Waals surface area contributed by atoms with E-state index < -0.39 is 0 Å². The molecule has 1 fully saturated rings. The number of unbranched alkanes of at least 4 members (excludes halogenated alkanes) is 1. The number of hydrogen-bond donors (Lipinski definition) is 2. The lowest BCUT2D eigenvalue weighted by Crippen LogP contribution is -2.45. The number of hydrogen-bond acceptors (Lipinski definition) is 4. The van der Waals surface area contributed by atoms with Gasteiger partial charge in [-0.2, -0.15) is 0 Å². The van der Waals surface area contributed by atoms with Crippen LogP contribution in [0, 0.1) is 0 Å². The predicted molar refractivity (Wildman–Crippen MR) is 150 cm³/mol. The fourth-order valence-corrected chi connectivity index (χ4v) is 5.40. The quantitative estimate of drug-likeness (QED) is 0.282. The minimum atomic E-state index is -0.182. The first kappa shape index (κ1) is 26.5. The minimum absolute atomic E-state index is 0. The predicted octanol–water partition coefficient (Wildman–Crippen LogP) is 6.23. The normalized spacial score (nSPS) is 14.2. The number of halogens is 3. The van der Waals surface area contributed by atoms with Gasteiger partial charge in [-0.05, 0) is 29.7 Å². The van der Waals surface area contributed by atoms with E-state index in [9.17, 15) is 9.59 Å². The van der Waals surface area contributed by atoms with Gasteiger partial charge in [-0.3, -0.25) is 9.59 Å². The number of amides is 1. The molecule has 0 radical (unpaired) electrons. The van der Waals surface area contributed by atoms with Crippen molar-refractivity contribution in [3.05, 3.63) is 75.3 Å². The van der Waals surface area contributed by atoms with Crippen molar-refractivity contribution in [3.8, 4) is 22.3 Å². The summed E-state index contributed by atoms with van der Waals surface area (Å²) in [5, 5.41) is 7.25. The second kappa shape index (κ2) is 11.2. The van der Waals surface area contributed by atoms with E-state index in [0.717, 1.165) is 42.6 Å². The Kier molecular flexibility index (Phi) is 8.26. The number of piperazine rings is 1. The third kappa shape index (κ3) is 4.61. The molecule has 0 atom stereocenters. The highest BCUT2D eigenvalue weighted by molar-refractivity contribution is 6.44. The summed E-state index contributed by atoms with van der Waals surface area (Å²) in [5.41, 5.74) is 5.53. The molecule has 0 bridgehead atoms. The van der Waals surface area contributed by atoms with Crippen LogP contribution in [-0.4, -0.2) is 44.4 Å². The van der Waals surface area contributed by atoms with Crippen LogP contribution < -0.4 is 15.5 Å². The van der Waals surface area contributed by atoms with Gasteiger partial charge in [-0.15, -0.1) is 12.4 Å². The topological polar surface area (TPSA) is 61.4 Å². The van der Waals surface area contributed by atoms with Crippen molar-refractivity contribution in [1.29, 1.82) is 0 Å². The van der Waals surface area contributed by atoms with Gasteiger partial charge in [-0.25, -0.2) is 0 Å². The Labute approximate surface area is 227 Å². The molecule has 3 aromatic carbocycles. The molecule has 1 amide bonds. The van der Waals surface area contributed by atoms with Crippen LogP contribution >= 0.6 is 35.6 Å². The molecule has 36 heavy (non-hydrogen) atoms. The van der Waals surface area contributed by atoms with E-state index in [-0.39, 0.29) is 24.1 Å². The second-order valence-corrected chi connectivity index (χ2v) is 9.68. The van der Waals surface area contributed by atoms with Crippen molar-refractivity contribution in [3.63, 3.8) is 0 Å². The number of nitrogens with one attached hydrogen (secondary N) is 2. The van der Waals surface area contributed by atoms with E-state index in [1.807, 2.05) is 42.5 Å². The highest BCUT2D eigenvalue weighted by Crippen LogP contribution is 2.50. The average Bonchev–Trinajstić information content (AvgIpc) is 3.18. The van der Waals surface area contributed by atoms with Gasteiger partial charge in [-0.1, -0.05) is 72.9 Å². The zero-order chi connectivity index (χ0) is 24.5. The smallest absolute Gasteiger partial charge is 0.253 e. The zero-order valence-corrected chi connectivity index (χ0v) is 22.3. The van der Waals surface area contributed by atoms with E-state index in [1.54, 1.807) is 6.07 Å². The Morgan fingerprint density at radius 2 is 1.67 bits per heavy atom. The Balaban J connectivity index is 0.00000304. The molecule has 0 aromatic heterocycles. The molecule has 1 saturated heterocycles.